The van der Waals surface area contributed by atoms with Gasteiger partial charge in [0, 0.05) is 18.8 Å². The molecule has 0 spiro atoms. The Morgan fingerprint density at radius 1 is 1.56 bits per heavy atom. The first kappa shape index (κ1) is 12.7. The summed E-state index contributed by atoms with van der Waals surface area (Å²) < 4.78 is 1.99. The van der Waals surface area contributed by atoms with Gasteiger partial charge in [-0.25, -0.2) is 0 Å². The van der Waals surface area contributed by atoms with Gasteiger partial charge in [0.15, 0.2) is 0 Å². The van der Waals surface area contributed by atoms with E-state index in [9.17, 15) is 0 Å². The highest BCUT2D eigenvalue weighted by Gasteiger charge is 2.10. The zero-order valence-electron chi connectivity index (χ0n) is 10.5. The highest BCUT2D eigenvalue weighted by molar-refractivity contribution is 5.01. The number of nitriles is 1. The van der Waals surface area contributed by atoms with E-state index in [1.165, 1.54) is 0 Å². The summed E-state index contributed by atoms with van der Waals surface area (Å²) in [6.45, 7) is 6.91. The lowest BCUT2D eigenvalue weighted by atomic mass is 10.3. The van der Waals surface area contributed by atoms with Gasteiger partial charge in [-0.2, -0.15) is 10.4 Å². The van der Waals surface area contributed by atoms with Crippen molar-refractivity contribution in [1.29, 1.82) is 5.26 Å². The van der Waals surface area contributed by atoms with E-state index in [-0.39, 0.29) is 6.04 Å². The molecular formula is C12H20N4. The van der Waals surface area contributed by atoms with Gasteiger partial charge in [0.05, 0.1) is 17.8 Å². The molecule has 88 valence electrons. The third kappa shape index (κ3) is 3.07. The summed E-state index contributed by atoms with van der Waals surface area (Å²) >= 11 is 0. The van der Waals surface area contributed by atoms with Crippen LogP contribution in [0.2, 0.25) is 0 Å². The molecular weight excluding hydrogens is 200 g/mol. The van der Waals surface area contributed by atoms with Crippen molar-refractivity contribution in [2.24, 2.45) is 0 Å². The average molecular weight is 220 g/mol. The lowest BCUT2D eigenvalue weighted by Gasteiger charge is -2.17. The summed E-state index contributed by atoms with van der Waals surface area (Å²) in [5.41, 5.74) is 1.02. The SMILES string of the molecule is CCC(C)n1ccc(CN(C)C(C)C#N)n1. The Bertz CT molecular complexity index is 363. The van der Waals surface area contributed by atoms with Crippen LogP contribution >= 0.6 is 0 Å². The summed E-state index contributed by atoms with van der Waals surface area (Å²) in [4.78, 5) is 1.99. The third-order valence-electron chi connectivity index (χ3n) is 2.97. The Labute approximate surface area is 97.5 Å². The fourth-order valence-corrected chi connectivity index (χ4v) is 1.39. The molecule has 1 heterocycles. The molecule has 4 heteroatoms. The topological polar surface area (TPSA) is 44.9 Å². The van der Waals surface area contributed by atoms with Crippen LogP contribution in [0.4, 0.5) is 0 Å². The molecule has 0 aliphatic heterocycles. The van der Waals surface area contributed by atoms with Gasteiger partial charge < -0.3 is 0 Å². The summed E-state index contributed by atoms with van der Waals surface area (Å²) in [5, 5.41) is 13.3. The van der Waals surface area contributed by atoms with Crippen LogP contribution in [0, 0.1) is 11.3 Å². The minimum absolute atomic E-state index is 0.0752. The van der Waals surface area contributed by atoms with E-state index in [2.05, 4.69) is 25.0 Å². The van der Waals surface area contributed by atoms with Crippen LogP contribution in [0.25, 0.3) is 0 Å². The second-order valence-corrected chi connectivity index (χ2v) is 4.26. The summed E-state index contributed by atoms with van der Waals surface area (Å²) in [5.74, 6) is 0. The summed E-state index contributed by atoms with van der Waals surface area (Å²) in [7, 11) is 1.94. The molecule has 0 bridgehead atoms. The second-order valence-electron chi connectivity index (χ2n) is 4.26. The van der Waals surface area contributed by atoms with E-state index in [0.29, 0.717) is 6.04 Å². The largest absolute Gasteiger partial charge is 0.285 e. The Kier molecular flexibility index (Phi) is 4.51. The monoisotopic (exact) mass is 220 g/mol. The van der Waals surface area contributed by atoms with Crippen LogP contribution in [0.5, 0.6) is 0 Å². The highest BCUT2D eigenvalue weighted by Crippen LogP contribution is 2.10. The van der Waals surface area contributed by atoms with Crippen LogP contribution in [0.3, 0.4) is 0 Å². The molecule has 1 rings (SSSR count). The minimum Gasteiger partial charge on any atom is -0.285 e. The van der Waals surface area contributed by atoms with Crippen molar-refractivity contribution < 1.29 is 0 Å². The van der Waals surface area contributed by atoms with Gasteiger partial charge in [-0.3, -0.25) is 9.58 Å². The molecule has 2 unspecified atom stereocenters. The van der Waals surface area contributed by atoms with Crippen LogP contribution in [0.15, 0.2) is 12.3 Å². The Morgan fingerprint density at radius 2 is 2.25 bits per heavy atom. The van der Waals surface area contributed by atoms with Crippen LogP contribution in [-0.2, 0) is 6.54 Å². The molecule has 4 nitrogen and oxygen atoms in total. The second kappa shape index (κ2) is 5.66. The highest BCUT2D eigenvalue weighted by atomic mass is 15.3. The van der Waals surface area contributed by atoms with Crippen LogP contribution in [-0.4, -0.2) is 27.8 Å². The van der Waals surface area contributed by atoms with E-state index in [4.69, 9.17) is 5.26 Å². The van der Waals surface area contributed by atoms with Crippen molar-refractivity contribution >= 4 is 0 Å². The molecule has 0 aliphatic carbocycles. The van der Waals surface area contributed by atoms with Gasteiger partial charge in [-0.05, 0) is 33.4 Å². The van der Waals surface area contributed by atoms with Crippen molar-refractivity contribution in [3.63, 3.8) is 0 Å². The quantitative estimate of drug-likeness (QED) is 0.764. The molecule has 1 aromatic rings. The first-order chi connectivity index (χ1) is 7.58. The van der Waals surface area contributed by atoms with Crippen molar-refractivity contribution in [3.8, 4) is 6.07 Å². The number of hydrogen-bond acceptors (Lipinski definition) is 3. The maximum atomic E-state index is 8.80. The maximum Gasteiger partial charge on any atom is 0.0950 e. The summed E-state index contributed by atoms with van der Waals surface area (Å²) in [6, 6.07) is 4.60. The molecule has 0 saturated carbocycles. The normalized spacial score (nSPS) is 14.8. The first-order valence-electron chi connectivity index (χ1n) is 5.72. The van der Waals surface area contributed by atoms with Gasteiger partial charge >= 0.3 is 0 Å². The predicted octanol–water partition coefficient (Wildman–Crippen LogP) is 2.20. The first-order valence-corrected chi connectivity index (χ1v) is 5.72. The van der Waals surface area contributed by atoms with Gasteiger partial charge in [-0.1, -0.05) is 6.92 Å². The lowest BCUT2D eigenvalue weighted by molar-refractivity contribution is 0.289. The van der Waals surface area contributed by atoms with Crippen LogP contribution in [0.1, 0.15) is 38.9 Å². The van der Waals surface area contributed by atoms with Crippen molar-refractivity contribution in [1.82, 2.24) is 14.7 Å². The standard InChI is InChI=1S/C12H20N4/c1-5-10(2)16-7-6-12(14-16)9-15(4)11(3)8-13/h6-7,10-11H,5,9H2,1-4H3. The van der Waals surface area contributed by atoms with E-state index in [1.54, 1.807) is 0 Å². The zero-order valence-corrected chi connectivity index (χ0v) is 10.5. The van der Waals surface area contributed by atoms with Gasteiger partial charge in [0.1, 0.15) is 0 Å². The van der Waals surface area contributed by atoms with Crippen molar-refractivity contribution in [2.75, 3.05) is 7.05 Å². The lowest BCUT2D eigenvalue weighted by Crippen LogP contribution is -2.27. The predicted molar refractivity (Wildman–Crippen MR) is 63.8 cm³/mol. The van der Waals surface area contributed by atoms with Crippen molar-refractivity contribution in [2.45, 2.75) is 45.8 Å². The molecule has 0 aromatic carbocycles. The molecule has 0 aliphatic rings. The van der Waals surface area contributed by atoms with E-state index in [1.807, 2.05) is 35.8 Å². The molecule has 0 fully saturated rings. The molecule has 0 radical (unpaired) electrons. The Balaban J connectivity index is 2.62. The number of rotatable bonds is 5. The van der Waals surface area contributed by atoms with Crippen LogP contribution < -0.4 is 0 Å². The number of hydrogen-bond donors (Lipinski definition) is 0. The fraction of sp³-hybridized carbons (Fsp3) is 0.667. The maximum absolute atomic E-state index is 8.80. The average Bonchev–Trinajstić information content (AvgIpc) is 2.75. The van der Waals surface area contributed by atoms with E-state index >= 15 is 0 Å². The smallest absolute Gasteiger partial charge is 0.0950 e. The van der Waals surface area contributed by atoms with Gasteiger partial charge in [0.2, 0.25) is 0 Å². The fourth-order valence-electron chi connectivity index (χ4n) is 1.39. The van der Waals surface area contributed by atoms with E-state index in [0.717, 1.165) is 18.7 Å². The zero-order chi connectivity index (χ0) is 12.1. The Morgan fingerprint density at radius 3 is 2.81 bits per heavy atom. The molecule has 2 atom stereocenters. The molecule has 1 aromatic heterocycles. The molecule has 0 amide bonds. The number of nitrogens with zero attached hydrogens (tertiary/aromatic N) is 4. The molecule has 16 heavy (non-hydrogen) atoms. The molecule has 0 N–H and O–H groups in total. The van der Waals surface area contributed by atoms with Gasteiger partial charge in [-0.15, -0.1) is 0 Å². The van der Waals surface area contributed by atoms with Gasteiger partial charge in [0.25, 0.3) is 0 Å². The number of aromatic nitrogens is 2. The minimum atomic E-state index is -0.0752. The molecule has 0 saturated heterocycles. The van der Waals surface area contributed by atoms with Crippen molar-refractivity contribution in [3.05, 3.63) is 18.0 Å². The van der Waals surface area contributed by atoms with E-state index < -0.39 is 0 Å². The summed E-state index contributed by atoms with van der Waals surface area (Å²) in [6.07, 6.45) is 3.08. The third-order valence-corrected chi connectivity index (χ3v) is 2.97. The Hall–Kier alpha value is -1.34.